The first-order valence-electron chi connectivity index (χ1n) is 5.99. The Morgan fingerprint density at radius 1 is 1.47 bits per heavy atom. The van der Waals surface area contributed by atoms with Crippen molar-refractivity contribution in [2.45, 2.75) is 32.1 Å². The highest BCUT2D eigenvalue weighted by Crippen LogP contribution is 2.33. The van der Waals surface area contributed by atoms with Gasteiger partial charge < -0.3 is 9.84 Å². The van der Waals surface area contributed by atoms with Crippen molar-refractivity contribution < 1.29 is 9.84 Å². The van der Waals surface area contributed by atoms with Crippen LogP contribution in [-0.2, 0) is 13.6 Å². The minimum atomic E-state index is -0.812. The minimum Gasteiger partial charge on any atom is -0.470 e. The molecule has 0 bridgehead atoms. The topological polar surface area (TPSA) is 65.1 Å². The van der Waals surface area contributed by atoms with E-state index in [2.05, 4.69) is 26.1 Å². The summed E-state index contributed by atoms with van der Waals surface area (Å²) >= 11 is 3.33. The fourth-order valence-corrected chi connectivity index (χ4v) is 2.82. The number of aliphatic hydroxyl groups excluding tert-OH is 1. The standard InChI is InChI=1S/C12H15BrN4O2/c1-12(2)6-17-9(19-12)4-8(14-17)10(18)7-5-16(3)15-11(7)13/h4-5,10,18H,6H2,1-3H3. The molecule has 0 saturated heterocycles. The summed E-state index contributed by atoms with van der Waals surface area (Å²) in [7, 11) is 1.81. The van der Waals surface area contributed by atoms with Gasteiger partial charge >= 0.3 is 0 Å². The third kappa shape index (κ3) is 2.17. The van der Waals surface area contributed by atoms with Crippen LogP contribution in [0.2, 0.25) is 0 Å². The molecule has 1 N–H and O–H groups in total. The van der Waals surface area contributed by atoms with Gasteiger partial charge in [-0.15, -0.1) is 0 Å². The monoisotopic (exact) mass is 326 g/mol. The lowest BCUT2D eigenvalue weighted by Crippen LogP contribution is -2.26. The number of hydrogen-bond donors (Lipinski definition) is 1. The predicted molar refractivity (Wildman–Crippen MR) is 71.9 cm³/mol. The Labute approximate surface area is 119 Å². The van der Waals surface area contributed by atoms with Crippen LogP contribution in [0.3, 0.4) is 0 Å². The Bertz CT molecular complexity index is 606. The van der Waals surface area contributed by atoms with Crippen LogP contribution in [0, 0.1) is 0 Å². The largest absolute Gasteiger partial charge is 0.470 e. The molecule has 3 heterocycles. The smallest absolute Gasteiger partial charge is 0.212 e. The summed E-state index contributed by atoms with van der Waals surface area (Å²) in [5, 5.41) is 18.9. The quantitative estimate of drug-likeness (QED) is 0.911. The van der Waals surface area contributed by atoms with Gasteiger partial charge in [0.15, 0.2) is 0 Å². The van der Waals surface area contributed by atoms with E-state index in [4.69, 9.17) is 4.74 Å². The lowest BCUT2D eigenvalue weighted by Gasteiger charge is -2.15. The van der Waals surface area contributed by atoms with Crippen molar-refractivity contribution in [3.05, 3.63) is 28.1 Å². The molecule has 1 unspecified atom stereocenters. The molecule has 1 aliphatic heterocycles. The lowest BCUT2D eigenvalue weighted by atomic mass is 10.1. The first kappa shape index (κ1) is 12.7. The zero-order chi connectivity index (χ0) is 13.8. The first-order valence-corrected chi connectivity index (χ1v) is 6.79. The maximum absolute atomic E-state index is 10.4. The van der Waals surface area contributed by atoms with Crippen LogP contribution in [0.25, 0.3) is 0 Å². The second-order valence-electron chi connectivity index (χ2n) is 5.38. The van der Waals surface area contributed by atoms with Gasteiger partial charge in [-0.3, -0.25) is 4.68 Å². The van der Waals surface area contributed by atoms with Crippen molar-refractivity contribution in [3.63, 3.8) is 0 Å². The number of hydrogen-bond acceptors (Lipinski definition) is 4. The molecule has 0 amide bonds. The molecule has 0 fully saturated rings. The first-order chi connectivity index (χ1) is 8.85. The van der Waals surface area contributed by atoms with Crippen LogP contribution < -0.4 is 4.74 Å². The van der Waals surface area contributed by atoms with E-state index in [0.29, 0.717) is 28.3 Å². The summed E-state index contributed by atoms with van der Waals surface area (Å²) in [4.78, 5) is 0. The fraction of sp³-hybridized carbons (Fsp3) is 0.500. The molecule has 19 heavy (non-hydrogen) atoms. The highest BCUT2D eigenvalue weighted by atomic mass is 79.9. The molecule has 1 aliphatic rings. The number of halogens is 1. The summed E-state index contributed by atoms with van der Waals surface area (Å²) in [6, 6.07) is 1.78. The summed E-state index contributed by atoms with van der Waals surface area (Å²) < 4.78 is 9.80. The molecule has 1 atom stereocenters. The second kappa shape index (κ2) is 4.08. The normalized spacial score (nSPS) is 18.2. The van der Waals surface area contributed by atoms with E-state index in [1.165, 1.54) is 0 Å². The van der Waals surface area contributed by atoms with E-state index >= 15 is 0 Å². The van der Waals surface area contributed by atoms with Gasteiger partial charge in [0, 0.05) is 24.9 Å². The highest BCUT2D eigenvalue weighted by molar-refractivity contribution is 9.10. The van der Waals surface area contributed by atoms with Gasteiger partial charge in [0.2, 0.25) is 5.88 Å². The van der Waals surface area contributed by atoms with Gasteiger partial charge in [-0.25, -0.2) is 4.68 Å². The van der Waals surface area contributed by atoms with Crippen LogP contribution in [-0.4, -0.2) is 30.3 Å². The molecule has 0 radical (unpaired) electrons. The minimum absolute atomic E-state index is 0.235. The summed E-state index contributed by atoms with van der Waals surface area (Å²) in [6.45, 7) is 4.70. The molecule has 0 aliphatic carbocycles. The Balaban J connectivity index is 1.91. The van der Waals surface area contributed by atoms with Crippen LogP contribution in [0.1, 0.15) is 31.2 Å². The number of aliphatic hydroxyl groups is 1. The molecule has 0 aromatic carbocycles. The average molecular weight is 327 g/mol. The Hall–Kier alpha value is -1.34. The van der Waals surface area contributed by atoms with Gasteiger partial charge in [0.25, 0.3) is 0 Å². The SMILES string of the molecule is Cn1cc(C(O)c2cc3n(n2)CC(C)(C)O3)c(Br)n1. The van der Waals surface area contributed by atoms with Gasteiger partial charge in [0.05, 0.1) is 12.2 Å². The molecule has 7 heteroatoms. The molecular formula is C12H15BrN4O2. The molecule has 102 valence electrons. The second-order valence-corrected chi connectivity index (χ2v) is 6.13. The van der Waals surface area contributed by atoms with E-state index < -0.39 is 6.10 Å². The van der Waals surface area contributed by atoms with E-state index in [1.54, 1.807) is 28.7 Å². The third-order valence-electron chi connectivity index (χ3n) is 3.06. The Morgan fingerprint density at radius 3 is 2.79 bits per heavy atom. The molecule has 0 spiro atoms. The summed E-state index contributed by atoms with van der Waals surface area (Å²) in [5.41, 5.74) is 1.03. The number of ether oxygens (including phenoxy) is 1. The zero-order valence-corrected chi connectivity index (χ0v) is 12.5. The van der Waals surface area contributed by atoms with Crippen molar-refractivity contribution in [1.29, 1.82) is 0 Å². The number of nitrogens with zero attached hydrogens (tertiary/aromatic N) is 4. The lowest BCUT2D eigenvalue weighted by molar-refractivity contribution is 0.134. The van der Waals surface area contributed by atoms with Crippen molar-refractivity contribution in [1.82, 2.24) is 19.6 Å². The molecule has 2 aromatic rings. The molecule has 0 saturated carbocycles. The van der Waals surface area contributed by atoms with E-state index in [1.807, 2.05) is 13.8 Å². The van der Waals surface area contributed by atoms with Crippen LogP contribution in [0.15, 0.2) is 16.9 Å². The Kier molecular flexibility index (Phi) is 2.72. The number of aryl methyl sites for hydroxylation is 1. The van der Waals surface area contributed by atoms with Gasteiger partial charge in [-0.2, -0.15) is 10.2 Å². The van der Waals surface area contributed by atoms with Crippen LogP contribution in [0.5, 0.6) is 5.88 Å². The summed E-state index contributed by atoms with van der Waals surface area (Å²) in [6.07, 6.45) is 0.956. The van der Waals surface area contributed by atoms with E-state index in [-0.39, 0.29) is 5.60 Å². The van der Waals surface area contributed by atoms with E-state index in [0.717, 1.165) is 0 Å². The fourth-order valence-electron chi connectivity index (χ4n) is 2.25. The Morgan fingerprint density at radius 2 is 2.21 bits per heavy atom. The van der Waals surface area contributed by atoms with Gasteiger partial charge in [0.1, 0.15) is 16.3 Å². The van der Waals surface area contributed by atoms with Gasteiger partial charge in [-0.05, 0) is 29.8 Å². The van der Waals surface area contributed by atoms with Gasteiger partial charge in [-0.1, -0.05) is 0 Å². The average Bonchev–Trinajstić information content (AvgIpc) is 2.88. The number of aromatic nitrogens is 4. The van der Waals surface area contributed by atoms with Crippen molar-refractivity contribution >= 4 is 15.9 Å². The number of fused-ring (bicyclic) bond motifs is 1. The molecule has 3 rings (SSSR count). The predicted octanol–water partition coefficient (Wildman–Crippen LogP) is 1.63. The maximum Gasteiger partial charge on any atom is 0.212 e. The summed E-state index contributed by atoms with van der Waals surface area (Å²) in [5.74, 6) is 0.694. The van der Waals surface area contributed by atoms with Crippen LogP contribution in [0.4, 0.5) is 0 Å². The molecular weight excluding hydrogens is 312 g/mol. The zero-order valence-electron chi connectivity index (χ0n) is 11.0. The highest BCUT2D eigenvalue weighted by Gasteiger charge is 2.33. The van der Waals surface area contributed by atoms with Crippen molar-refractivity contribution in [3.8, 4) is 5.88 Å². The third-order valence-corrected chi connectivity index (χ3v) is 3.67. The van der Waals surface area contributed by atoms with E-state index in [9.17, 15) is 5.11 Å². The molecule has 6 nitrogen and oxygen atoms in total. The molecule has 2 aromatic heterocycles. The van der Waals surface area contributed by atoms with Crippen molar-refractivity contribution in [2.75, 3.05) is 0 Å². The van der Waals surface area contributed by atoms with Crippen LogP contribution >= 0.6 is 15.9 Å². The number of rotatable bonds is 2. The van der Waals surface area contributed by atoms with Crippen molar-refractivity contribution in [2.24, 2.45) is 7.05 Å². The maximum atomic E-state index is 10.4.